The number of carbonyl (C=O) groups is 1. The standard InChI is InChI=1S/C15H19FN2O/c16-12-6-4-10-5-7-15(19)18(14(10)8-12)13-3-1-2-11(13)9-17/h4,6,8,11,13H,1-3,5,7,9,17H2. The number of amides is 1. The lowest BCUT2D eigenvalue weighted by Crippen LogP contribution is -2.46. The van der Waals surface area contributed by atoms with Gasteiger partial charge in [-0.2, -0.15) is 0 Å². The van der Waals surface area contributed by atoms with Gasteiger partial charge < -0.3 is 10.6 Å². The zero-order valence-electron chi connectivity index (χ0n) is 10.9. The highest BCUT2D eigenvalue weighted by molar-refractivity contribution is 5.97. The molecule has 0 radical (unpaired) electrons. The number of nitrogens with two attached hydrogens (primary N) is 1. The molecule has 3 rings (SSSR count). The summed E-state index contributed by atoms with van der Waals surface area (Å²) in [6, 6.07) is 4.93. The highest BCUT2D eigenvalue weighted by Gasteiger charge is 2.37. The normalized spacial score (nSPS) is 26.6. The van der Waals surface area contributed by atoms with Crippen LogP contribution in [0, 0.1) is 11.7 Å². The van der Waals surface area contributed by atoms with Gasteiger partial charge in [0.25, 0.3) is 0 Å². The fourth-order valence-electron chi connectivity index (χ4n) is 3.46. The van der Waals surface area contributed by atoms with Crippen LogP contribution < -0.4 is 10.6 Å². The van der Waals surface area contributed by atoms with Gasteiger partial charge in [-0.3, -0.25) is 4.79 Å². The Morgan fingerprint density at radius 2 is 2.16 bits per heavy atom. The summed E-state index contributed by atoms with van der Waals surface area (Å²) in [5, 5.41) is 0. The Labute approximate surface area is 112 Å². The van der Waals surface area contributed by atoms with E-state index >= 15 is 0 Å². The van der Waals surface area contributed by atoms with E-state index in [0.29, 0.717) is 25.3 Å². The van der Waals surface area contributed by atoms with E-state index in [0.717, 1.165) is 30.5 Å². The van der Waals surface area contributed by atoms with E-state index in [1.165, 1.54) is 12.1 Å². The molecule has 4 heteroatoms. The Kier molecular flexibility index (Phi) is 3.27. The first-order valence-electron chi connectivity index (χ1n) is 7.01. The molecule has 1 heterocycles. The van der Waals surface area contributed by atoms with Crippen LogP contribution in [0.25, 0.3) is 0 Å². The summed E-state index contributed by atoms with van der Waals surface area (Å²) in [6.45, 7) is 0.596. The van der Waals surface area contributed by atoms with Crippen molar-refractivity contribution in [1.29, 1.82) is 0 Å². The summed E-state index contributed by atoms with van der Waals surface area (Å²) in [5.41, 5.74) is 7.65. The Morgan fingerprint density at radius 3 is 2.95 bits per heavy atom. The van der Waals surface area contributed by atoms with Crippen molar-refractivity contribution in [2.24, 2.45) is 11.7 Å². The van der Waals surface area contributed by atoms with E-state index in [4.69, 9.17) is 5.73 Å². The summed E-state index contributed by atoms with van der Waals surface area (Å²) < 4.78 is 13.5. The van der Waals surface area contributed by atoms with Gasteiger partial charge in [0.1, 0.15) is 5.82 Å². The van der Waals surface area contributed by atoms with Gasteiger partial charge >= 0.3 is 0 Å². The summed E-state index contributed by atoms with van der Waals surface area (Å²) in [7, 11) is 0. The van der Waals surface area contributed by atoms with Crippen LogP contribution in [0.5, 0.6) is 0 Å². The van der Waals surface area contributed by atoms with Crippen molar-refractivity contribution in [3.63, 3.8) is 0 Å². The minimum absolute atomic E-state index is 0.114. The molecule has 2 N–H and O–H groups in total. The molecule has 19 heavy (non-hydrogen) atoms. The fraction of sp³-hybridized carbons (Fsp3) is 0.533. The SMILES string of the molecule is NCC1CCCC1N1C(=O)CCc2ccc(F)cc21. The summed E-state index contributed by atoms with van der Waals surface area (Å²) >= 11 is 0. The van der Waals surface area contributed by atoms with E-state index in [1.54, 1.807) is 6.07 Å². The molecule has 1 fully saturated rings. The van der Waals surface area contributed by atoms with Crippen molar-refractivity contribution in [3.05, 3.63) is 29.6 Å². The zero-order valence-corrected chi connectivity index (χ0v) is 10.9. The smallest absolute Gasteiger partial charge is 0.227 e. The molecule has 1 aromatic carbocycles. The maximum atomic E-state index is 13.5. The second-order valence-corrected chi connectivity index (χ2v) is 5.53. The lowest BCUT2D eigenvalue weighted by atomic mass is 9.95. The maximum Gasteiger partial charge on any atom is 0.227 e. The molecule has 1 saturated carbocycles. The topological polar surface area (TPSA) is 46.3 Å². The summed E-state index contributed by atoms with van der Waals surface area (Å²) in [5.74, 6) is 0.183. The molecule has 0 bridgehead atoms. The summed E-state index contributed by atoms with van der Waals surface area (Å²) in [4.78, 5) is 14.1. The fourth-order valence-corrected chi connectivity index (χ4v) is 3.46. The molecule has 2 aliphatic rings. The number of carbonyl (C=O) groups excluding carboxylic acids is 1. The Hall–Kier alpha value is -1.42. The van der Waals surface area contributed by atoms with Crippen LogP contribution in [-0.4, -0.2) is 18.5 Å². The molecule has 2 unspecified atom stereocenters. The minimum Gasteiger partial charge on any atom is -0.330 e. The van der Waals surface area contributed by atoms with Gasteiger partial charge in [-0.1, -0.05) is 12.5 Å². The second-order valence-electron chi connectivity index (χ2n) is 5.53. The maximum absolute atomic E-state index is 13.5. The van der Waals surface area contributed by atoms with Crippen LogP contribution in [0.4, 0.5) is 10.1 Å². The average molecular weight is 262 g/mol. The molecule has 1 amide bonds. The quantitative estimate of drug-likeness (QED) is 0.888. The molecule has 2 atom stereocenters. The highest BCUT2D eigenvalue weighted by Crippen LogP contribution is 2.37. The lowest BCUT2D eigenvalue weighted by molar-refractivity contribution is -0.119. The molecule has 3 nitrogen and oxygen atoms in total. The predicted octanol–water partition coefficient (Wildman–Crippen LogP) is 2.23. The average Bonchev–Trinajstić information content (AvgIpc) is 2.86. The van der Waals surface area contributed by atoms with E-state index in [-0.39, 0.29) is 17.8 Å². The lowest BCUT2D eigenvalue weighted by Gasteiger charge is -2.37. The van der Waals surface area contributed by atoms with Gasteiger partial charge in [0, 0.05) is 12.5 Å². The Balaban J connectivity index is 2.01. The van der Waals surface area contributed by atoms with Crippen molar-refractivity contribution in [3.8, 4) is 0 Å². The molecule has 1 aliphatic carbocycles. The number of rotatable bonds is 2. The molecule has 1 aliphatic heterocycles. The Morgan fingerprint density at radius 1 is 1.32 bits per heavy atom. The number of anilines is 1. The number of hydrogen-bond acceptors (Lipinski definition) is 2. The molecule has 0 saturated heterocycles. The van der Waals surface area contributed by atoms with Crippen molar-refractivity contribution in [1.82, 2.24) is 0 Å². The molecular weight excluding hydrogens is 243 g/mol. The predicted molar refractivity (Wildman–Crippen MR) is 72.4 cm³/mol. The number of aryl methyl sites for hydroxylation is 1. The number of benzene rings is 1. The number of halogens is 1. The third-order valence-corrected chi connectivity index (χ3v) is 4.44. The van der Waals surface area contributed by atoms with E-state index in [2.05, 4.69) is 0 Å². The number of nitrogens with zero attached hydrogens (tertiary/aromatic N) is 1. The Bertz CT molecular complexity index is 503. The van der Waals surface area contributed by atoms with Crippen LogP contribution in [0.3, 0.4) is 0 Å². The van der Waals surface area contributed by atoms with Crippen molar-refractivity contribution < 1.29 is 9.18 Å². The number of hydrogen-bond donors (Lipinski definition) is 1. The van der Waals surface area contributed by atoms with Crippen molar-refractivity contribution in [2.75, 3.05) is 11.4 Å². The number of fused-ring (bicyclic) bond motifs is 1. The zero-order chi connectivity index (χ0) is 13.4. The third kappa shape index (κ3) is 2.14. The largest absolute Gasteiger partial charge is 0.330 e. The summed E-state index contributed by atoms with van der Waals surface area (Å²) in [6.07, 6.45) is 4.37. The van der Waals surface area contributed by atoms with Gasteiger partial charge in [0.05, 0.1) is 5.69 Å². The van der Waals surface area contributed by atoms with Crippen LogP contribution in [-0.2, 0) is 11.2 Å². The minimum atomic E-state index is -0.277. The molecule has 1 aromatic rings. The monoisotopic (exact) mass is 262 g/mol. The van der Waals surface area contributed by atoms with E-state index < -0.39 is 0 Å². The van der Waals surface area contributed by atoms with Gasteiger partial charge in [0.15, 0.2) is 0 Å². The first-order chi connectivity index (χ1) is 9.20. The van der Waals surface area contributed by atoms with Gasteiger partial charge in [-0.15, -0.1) is 0 Å². The second kappa shape index (κ2) is 4.93. The van der Waals surface area contributed by atoms with Crippen molar-refractivity contribution in [2.45, 2.75) is 38.1 Å². The van der Waals surface area contributed by atoms with Crippen LogP contribution in [0.15, 0.2) is 18.2 Å². The highest BCUT2D eigenvalue weighted by atomic mass is 19.1. The first kappa shape index (κ1) is 12.6. The molecular formula is C15H19FN2O. The van der Waals surface area contributed by atoms with Gasteiger partial charge in [-0.25, -0.2) is 4.39 Å². The first-order valence-corrected chi connectivity index (χ1v) is 7.01. The molecule has 102 valence electrons. The molecule has 0 aromatic heterocycles. The van der Waals surface area contributed by atoms with Gasteiger partial charge in [-0.05, 0) is 49.4 Å². The third-order valence-electron chi connectivity index (χ3n) is 4.44. The van der Waals surface area contributed by atoms with E-state index in [1.807, 2.05) is 4.90 Å². The van der Waals surface area contributed by atoms with Crippen molar-refractivity contribution >= 4 is 11.6 Å². The van der Waals surface area contributed by atoms with Gasteiger partial charge in [0.2, 0.25) is 5.91 Å². The van der Waals surface area contributed by atoms with Crippen LogP contribution in [0.1, 0.15) is 31.2 Å². The van der Waals surface area contributed by atoms with Crippen LogP contribution in [0.2, 0.25) is 0 Å². The van der Waals surface area contributed by atoms with Crippen LogP contribution >= 0.6 is 0 Å². The molecule has 0 spiro atoms. The van der Waals surface area contributed by atoms with E-state index in [9.17, 15) is 9.18 Å².